The third-order valence-electron chi connectivity index (χ3n) is 9.30. The van der Waals surface area contributed by atoms with Crippen molar-refractivity contribution in [2.75, 3.05) is 0 Å². The van der Waals surface area contributed by atoms with Gasteiger partial charge in [-0.15, -0.1) is 11.3 Å². The second-order valence-corrected chi connectivity index (χ2v) is 18.3. The molecule has 0 N–H and O–H groups in total. The maximum absolute atomic E-state index is 5.07. The Hall–Kier alpha value is -2.75. The first-order valence-electron chi connectivity index (χ1n) is 15.3. The van der Waals surface area contributed by atoms with E-state index in [2.05, 4.69) is 139 Å². The Bertz CT molecular complexity index is 1570. The highest BCUT2D eigenvalue weighted by Crippen LogP contribution is 2.44. The maximum atomic E-state index is 5.07. The molecule has 0 amide bonds. The van der Waals surface area contributed by atoms with Gasteiger partial charge in [-0.1, -0.05) is 134 Å². The number of hydrogen-bond donors (Lipinski definition) is 0. The topological polar surface area (TPSA) is 12.9 Å². The fourth-order valence-electron chi connectivity index (χ4n) is 7.37. The highest BCUT2D eigenvalue weighted by atomic mass is 32.1. The molecule has 2 heterocycles. The number of pyridine rings is 1. The molecular formula is C37H45NSSi. The van der Waals surface area contributed by atoms with Crippen LogP contribution in [0.1, 0.15) is 79.7 Å². The quantitative estimate of drug-likeness (QED) is 0.163. The van der Waals surface area contributed by atoms with Gasteiger partial charge >= 0.3 is 0 Å². The molecule has 5 aromatic rings. The first kappa shape index (κ1) is 28.8. The zero-order valence-electron chi connectivity index (χ0n) is 25.4. The Labute approximate surface area is 246 Å². The summed E-state index contributed by atoms with van der Waals surface area (Å²) in [4.78, 5) is 5.07. The lowest BCUT2D eigenvalue weighted by molar-refractivity contribution is 0.596. The Kier molecular flexibility index (Phi) is 8.36. The van der Waals surface area contributed by atoms with Crippen molar-refractivity contribution in [3.05, 3.63) is 90.6 Å². The van der Waals surface area contributed by atoms with Crippen LogP contribution in [0.5, 0.6) is 0 Å². The molecule has 0 bridgehead atoms. The summed E-state index contributed by atoms with van der Waals surface area (Å²) >= 11 is 2.06. The van der Waals surface area contributed by atoms with Crippen molar-refractivity contribution in [2.24, 2.45) is 0 Å². The monoisotopic (exact) mass is 563 g/mol. The van der Waals surface area contributed by atoms with E-state index < -0.39 is 8.07 Å². The van der Waals surface area contributed by atoms with Crippen LogP contribution in [0.2, 0.25) is 11.1 Å². The third-order valence-corrected chi connectivity index (χ3v) is 18.0. The molecule has 208 valence electrons. The van der Waals surface area contributed by atoms with Gasteiger partial charge in [0, 0.05) is 11.8 Å². The lowest BCUT2D eigenvalue weighted by Crippen LogP contribution is -2.63. The van der Waals surface area contributed by atoms with E-state index in [9.17, 15) is 0 Å². The van der Waals surface area contributed by atoms with Crippen LogP contribution >= 0.6 is 11.3 Å². The molecular weight excluding hydrogens is 519 g/mol. The van der Waals surface area contributed by atoms with Gasteiger partial charge in [0.25, 0.3) is 0 Å². The number of thiophene rings is 1. The largest absolute Gasteiger partial charge is 0.255 e. The molecule has 0 saturated carbocycles. The van der Waals surface area contributed by atoms with Crippen LogP contribution in [-0.2, 0) is 5.41 Å². The number of hydrogen-bond acceptors (Lipinski definition) is 2. The van der Waals surface area contributed by atoms with E-state index in [1.807, 2.05) is 6.20 Å². The number of benzene rings is 3. The van der Waals surface area contributed by atoms with Gasteiger partial charge in [-0.2, -0.15) is 0 Å². The molecule has 40 heavy (non-hydrogen) atoms. The molecule has 0 aliphatic heterocycles. The van der Waals surface area contributed by atoms with Crippen molar-refractivity contribution in [1.29, 1.82) is 0 Å². The fourth-order valence-corrected chi connectivity index (χ4v) is 17.0. The predicted octanol–water partition coefficient (Wildman–Crippen LogP) is 10.4. The van der Waals surface area contributed by atoms with Crippen LogP contribution in [0, 0.1) is 0 Å². The zero-order chi connectivity index (χ0) is 28.5. The number of rotatable bonds is 9. The van der Waals surface area contributed by atoms with E-state index >= 15 is 0 Å². The molecule has 5 rings (SSSR count). The summed E-state index contributed by atoms with van der Waals surface area (Å²) in [6.07, 6.45) is 6.94. The van der Waals surface area contributed by atoms with Gasteiger partial charge in [0.05, 0.1) is 10.4 Å². The molecule has 0 fully saturated rings. The third kappa shape index (κ3) is 4.86. The fraction of sp³-hybridized carbons (Fsp3) is 0.378. The summed E-state index contributed by atoms with van der Waals surface area (Å²) in [5.74, 6) is 0. The van der Waals surface area contributed by atoms with Crippen molar-refractivity contribution >= 4 is 50.0 Å². The summed E-state index contributed by atoms with van der Waals surface area (Å²) in [5.41, 5.74) is 5.22. The Morgan fingerprint density at radius 3 is 1.98 bits per heavy atom. The van der Waals surface area contributed by atoms with E-state index in [1.165, 1.54) is 57.7 Å². The summed E-state index contributed by atoms with van der Waals surface area (Å²) in [6, 6.07) is 30.0. The zero-order valence-corrected chi connectivity index (χ0v) is 27.2. The molecule has 0 spiro atoms. The van der Waals surface area contributed by atoms with Crippen LogP contribution in [0.3, 0.4) is 0 Å². The van der Waals surface area contributed by atoms with E-state index in [4.69, 9.17) is 4.98 Å². The normalized spacial score (nSPS) is 12.7. The highest BCUT2D eigenvalue weighted by molar-refractivity contribution is 7.34. The van der Waals surface area contributed by atoms with Gasteiger partial charge in [0.15, 0.2) is 0 Å². The molecule has 0 atom stereocenters. The molecule has 0 saturated heterocycles. The summed E-state index contributed by atoms with van der Waals surface area (Å²) in [7, 11) is -2.11. The minimum absolute atomic E-state index is 0.0461. The molecule has 2 aromatic heterocycles. The van der Waals surface area contributed by atoms with Crippen LogP contribution in [0.15, 0.2) is 85.1 Å². The lowest BCUT2D eigenvalue weighted by atomic mass is 9.82. The highest BCUT2D eigenvalue weighted by Gasteiger charge is 2.49. The number of aromatic nitrogens is 1. The SMILES string of the molecule is CCC(CC)[Si](c1ccccc1)(c1cc2ccnc(-c3cc(C(C)(C)C)c4ccccc4c3)c2s1)C(CC)CC. The number of fused-ring (bicyclic) bond motifs is 2. The van der Waals surface area contributed by atoms with Gasteiger partial charge in [-0.3, -0.25) is 4.98 Å². The average Bonchev–Trinajstić information content (AvgIpc) is 3.41. The number of nitrogens with zero attached hydrogens (tertiary/aromatic N) is 1. The van der Waals surface area contributed by atoms with Crippen molar-refractivity contribution < 1.29 is 0 Å². The molecule has 1 nitrogen and oxygen atoms in total. The van der Waals surface area contributed by atoms with Crippen molar-refractivity contribution in [1.82, 2.24) is 4.98 Å². The first-order valence-corrected chi connectivity index (χ1v) is 18.2. The van der Waals surface area contributed by atoms with E-state index in [1.54, 1.807) is 9.69 Å². The van der Waals surface area contributed by atoms with Gasteiger partial charge in [-0.25, -0.2) is 0 Å². The molecule has 0 radical (unpaired) electrons. The van der Waals surface area contributed by atoms with Crippen molar-refractivity contribution in [3.63, 3.8) is 0 Å². The van der Waals surface area contributed by atoms with E-state index in [0.717, 1.165) is 5.69 Å². The van der Waals surface area contributed by atoms with Gasteiger partial charge in [0.1, 0.15) is 8.07 Å². The summed E-state index contributed by atoms with van der Waals surface area (Å²) in [5, 5.41) is 5.60. The van der Waals surface area contributed by atoms with Gasteiger partial charge in [-0.05, 0) is 67.0 Å². The second-order valence-electron chi connectivity index (χ2n) is 12.4. The van der Waals surface area contributed by atoms with E-state index in [0.29, 0.717) is 11.1 Å². The predicted molar refractivity (Wildman–Crippen MR) is 181 cm³/mol. The van der Waals surface area contributed by atoms with Crippen LogP contribution in [0.4, 0.5) is 0 Å². The van der Waals surface area contributed by atoms with E-state index in [-0.39, 0.29) is 5.41 Å². The molecule has 0 unspecified atom stereocenters. The van der Waals surface area contributed by atoms with Gasteiger partial charge < -0.3 is 0 Å². The van der Waals surface area contributed by atoms with Crippen LogP contribution in [-0.4, -0.2) is 13.1 Å². The minimum Gasteiger partial charge on any atom is -0.255 e. The summed E-state index contributed by atoms with van der Waals surface area (Å²) < 4.78 is 2.99. The molecule has 3 heteroatoms. The van der Waals surface area contributed by atoms with Crippen LogP contribution < -0.4 is 9.69 Å². The molecule has 0 aliphatic rings. The minimum atomic E-state index is -2.11. The Morgan fingerprint density at radius 1 is 0.725 bits per heavy atom. The average molecular weight is 564 g/mol. The van der Waals surface area contributed by atoms with Crippen molar-refractivity contribution in [3.8, 4) is 11.3 Å². The smallest absolute Gasteiger partial charge is 0.136 e. The Morgan fingerprint density at radius 2 is 1.35 bits per heavy atom. The summed E-state index contributed by atoms with van der Waals surface area (Å²) in [6.45, 7) is 16.6. The molecule has 0 aliphatic carbocycles. The standard InChI is InChI=1S/C37H45NSSi/c1-8-29(9-2)40(30(10-3)11-4,31-18-13-12-14-19-31)34-25-27-21-22-38-35(36(27)39-34)28-23-26-17-15-16-20-32(26)33(24-28)37(5,6)7/h12-25,29-30H,8-11H2,1-7H3. The van der Waals surface area contributed by atoms with Crippen LogP contribution in [0.25, 0.3) is 32.1 Å². The van der Waals surface area contributed by atoms with Gasteiger partial charge in [0.2, 0.25) is 0 Å². The van der Waals surface area contributed by atoms with Crippen molar-refractivity contribution in [2.45, 2.75) is 90.6 Å². The first-order chi connectivity index (χ1) is 19.3. The lowest BCUT2D eigenvalue weighted by Gasteiger charge is -2.44. The molecule has 3 aromatic carbocycles. The second kappa shape index (κ2) is 11.6. The Balaban J connectivity index is 1.81. The maximum Gasteiger partial charge on any atom is 0.136 e.